The Hall–Kier alpha value is 0.797. The topological polar surface area (TPSA) is 0 Å². The predicted molar refractivity (Wildman–Crippen MR) is 43.1 cm³/mol. The molecular weight excluding hydrogens is 159 g/mol. The minimum absolute atomic E-state index is 0.724. The maximum atomic E-state index is 5.66. The summed E-state index contributed by atoms with van der Waals surface area (Å²) in [6, 6.07) is 1.06. The predicted octanol–water partition coefficient (Wildman–Crippen LogP) is 2.73. The fourth-order valence-corrected chi connectivity index (χ4v) is 3.24. The summed E-state index contributed by atoms with van der Waals surface area (Å²) in [7, 11) is -1.30. The van der Waals surface area contributed by atoms with Crippen LogP contribution in [0.1, 0.15) is 20.3 Å². The molecule has 0 aromatic carbocycles. The highest BCUT2D eigenvalue weighted by Crippen LogP contribution is 2.14. The number of rotatable bonds is 3. The van der Waals surface area contributed by atoms with Crippen LogP contribution in [0.25, 0.3) is 0 Å². The van der Waals surface area contributed by atoms with E-state index >= 15 is 0 Å². The first-order valence-electron chi connectivity index (χ1n) is 2.95. The lowest BCUT2D eigenvalue weighted by Crippen LogP contribution is -2.00. The second kappa shape index (κ2) is 4.65. The van der Waals surface area contributed by atoms with E-state index in [0.717, 1.165) is 12.0 Å². The van der Waals surface area contributed by atoms with E-state index in [1.807, 2.05) is 0 Å². The molecule has 0 saturated heterocycles. The molecule has 0 aromatic rings. The Labute approximate surface area is 62.2 Å². The fraction of sp³-hybridized carbons (Fsp3) is 1.00. The van der Waals surface area contributed by atoms with Gasteiger partial charge in [-0.3, -0.25) is 0 Å². The summed E-state index contributed by atoms with van der Waals surface area (Å²) in [5.74, 6) is 0.724. The Morgan fingerprint density at radius 1 is 1.50 bits per heavy atom. The molecule has 0 spiro atoms. The van der Waals surface area contributed by atoms with Gasteiger partial charge in [0, 0.05) is 0 Å². The molecule has 0 saturated carbocycles. The lowest BCUT2D eigenvalue weighted by atomic mass is 10.2. The van der Waals surface area contributed by atoms with Gasteiger partial charge in [-0.05, 0) is 12.0 Å². The zero-order valence-corrected chi connectivity index (χ0v) is 7.99. The van der Waals surface area contributed by atoms with Crippen molar-refractivity contribution in [2.24, 2.45) is 5.92 Å². The Bertz CT molecular complexity index is 56.4. The van der Waals surface area contributed by atoms with Gasteiger partial charge in [0.2, 0.25) is 7.42 Å². The smallest absolute Gasteiger partial charge is 0.150 e. The van der Waals surface area contributed by atoms with E-state index in [-0.39, 0.29) is 0 Å². The summed E-state index contributed by atoms with van der Waals surface area (Å²) < 4.78 is 0. The number of hydrogen-bond donors (Lipinski definition) is 0. The first-order chi connectivity index (χ1) is 3.66. The largest absolute Gasteiger partial charge is 0.237 e. The van der Waals surface area contributed by atoms with Crippen LogP contribution in [0.2, 0.25) is 6.04 Å². The molecule has 0 aliphatic rings. The molecule has 0 fully saturated rings. The molecule has 1 atom stereocenters. The van der Waals surface area contributed by atoms with E-state index in [1.54, 1.807) is 0 Å². The van der Waals surface area contributed by atoms with Gasteiger partial charge in [-0.2, -0.15) is 22.2 Å². The van der Waals surface area contributed by atoms with Crippen LogP contribution in [0.15, 0.2) is 0 Å². The van der Waals surface area contributed by atoms with Crippen LogP contribution in [0.3, 0.4) is 0 Å². The van der Waals surface area contributed by atoms with Gasteiger partial charge in [0.1, 0.15) is 0 Å². The molecular formula is C5H12Cl2Si. The molecule has 0 radical (unpaired) electrons. The molecule has 0 amide bonds. The van der Waals surface area contributed by atoms with Crippen molar-refractivity contribution in [2.75, 3.05) is 0 Å². The van der Waals surface area contributed by atoms with E-state index in [0.29, 0.717) is 0 Å². The van der Waals surface area contributed by atoms with Gasteiger partial charge in [-0.25, -0.2) is 0 Å². The molecule has 1 unspecified atom stereocenters. The van der Waals surface area contributed by atoms with E-state index < -0.39 is 7.42 Å². The summed E-state index contributed by atoms with van der Waals surface area (Å²) >= 11 is 11.3. The summed E-state index contributed by atoms with van der Waals surface area (Å²) in [6.45, 7) is 4.35. The number of hydrogen-bond acceptors (Lipinski definition) is 0. The Morgan fingerprint density at radius 2 is 2.00 bits per heavy atom. The highest BCUT2D eigenvalue weighted by Gasteiger charge is 2.06. The van der Waals surface area contributed by atoms with E-state index in [4.69, 9.17) is 22.2 Å². The molecule has 0 aliphatic heterocycles. The lowest BCUT2D eigenvalue weighted by molar-refractivity contribution is 0.623. The summed E-state index contributed by atoms with van der Waals surface area (Å²) in [5.41, 5.74) is 0. The zero-order valence-electron chi connectivity index (χ0n) is 5.32. The molecule has 0 heterocycles. The third kappa shape index (κ3) is 4.94. The molecule has 0 aromatic heterocycles. The van der Waals surface area contributed by atoms with Gasteiger partial charge in [0.15, 0.2) is 0 Å². The lowest BCUT2D eigenvalue weighted by Gasteiger charge is -2.05. The minimum atomic E-state index is -1.30. The quantitative estimate of drug-likeness (QED) is 0.452. The third-order valence-corrected chi connectivity index (χ3v) is 3.51. The average Bonchev–Trinajstić information content (AvgIpc) is 1.65. The monoisotopic (exact) mass is 170 g/mol. The van der Waals surface area contributed by atoms with Crippen molar-refractivity contribution in [2.45, 2.75) is 26.3 Å². The van der Waals surface area contributed by atoms with Crippen LogP contribution in [0, 0.1) is 5.92 Å². The van der Waals surface area contributed by atoms with Crippen LogP contribution in [0.5, 0.6) is 0 Å². The molecule has 0 N–H and O–H groups in total. The minimum Gasteiger partial charge on any atom is -0.150 e. The Kier molecular flexibility index (Phi) is 5.12. The SMILES string of the molecule is CCC(C)C[SiH](Cl)Cl. The zero-order chi connectivity index (χ0) is 6.57. The van der Waals surface area contributed by atoms with Crippen LogP contribution >= 0.6 is 22.2 Å². The first kappa shape index (κ1) is 8.80. The van der Waals surface area contributed by atoms with Gasteiger partial charge >= 0.3 is 0 Å². The average molecular weight is 171 g/mol. The van der Waals surface area contributed by atoms with Gasteiger partial charge in [-0.1, -0.05) is 20.3 Å². The maximum absolute atomic E-state index is 5.66. The van der Waals surface area contributed by atoms with E-state index in [1.165, 1.54) is 6.42 Å². The highest BCUT2D eigenvalue weighted by molar-refractivity contribution is 7.33. The van der Waals surface area contributed by atoms with Crippen molar-refractivity contribution < 1.29 is 0 Å². The van der Waals surface area contributed by atoms with Gasteiger partial charge < -0.3 is 0 Å². The molecule has 0 rings (SSSR count). The second-order valence-corrected chi connectivity index (χ2v) is 7.22. The third-order valence-electron chi connectivity index (χ3n) is 1.28. The summed E-state index contributed by atoms with van der Waals surface area (Å²) in [5, 5.41) is 0. The number of halogens is 2. The van der Waals surface area contributed by atoms with Crippen LogP contribution in [0.4, 0.5) is 0 Å². The summed E-state index contributed by atoms with van der Waals surface area (Å²) in [6.07, 6.45) is 1.20. The standard InChI is InChI=1S/C5H12Cl2Si/c1-3-5(2)4-8(6)7/h5,8H,3-4H2,1-2H3. The van der Waals surface area contributed by atoms with Gasteiger partial charge in [0.25, 0.3) is 0 Å². The van der Waals surface area contributed by atoms with Crippen LogP contribution < -0.4 is 0 Å². The normalized spacial score (nSPS) is 14.6. The van der Waals surface area contributed by atoms with E-state index in [9.17, 15) is 0 Å². The van der Waals surface area contributed by atoms with Gasteiger partial charge in [0.05, 0.1) is 0 Å². The molecule has 8 heavy (non-hydrogen) atoms. The second-order valence-electron chi connectivity index (χ2n) is 2.14. The van der Waals surface area contributed by atoms with Crippen molar-refractivity contribution in [1.29, 1.82) is 0 Å². The molecule has 0 nitrogen and oxygen atoms in total. The molecule has 0 aliphatic carbocycles. The Balaban J connectivity index is 3.10. The molecule has 50 valence electrons. The van der Waals surface area contributed by atoms with E-state index in [2.05, 4.69) is 13.8 Å². The van der Waals surface area contributed by atoms with Crippen molar-refractivity contribution in [3.63, 3.8) is 0 Å². The first-order valence-corrected chi connectivity index (χ1v) is 7.25. The van der Waals surface area contributed by atoms with Crippen LogP contribution in [-0.2, 0) is 0 Å². The van der Waals surface area contributed by atoms with Crippen molar-refractivity contribution in [3.05, 3.63) is 0 Å². The molecule has 0 bridgehead atoms. The maximum Gasteiger partial charge on any atom is 0.237 e. The Morgan fingerprint density at radius 3 is 2.12 bits per heavy atom. The van der Waals surface area contributed by atoms with Crippen molar-refractivity contribution in [3.8, 4) is 0 Å². The van der Waals surface area contributed by atoms with Gasteiger partial charge in [-0.15, -0.1) is 0 Å². The molecule has 3 heteroatoms. The summed E-state index contributed by atoms with van der Waals surface area (Å²) in [4.78, 5) is 0. The fourth-order valence-electron chi connectivity index (χ4n) is 0.471. The van der Waals surface area contributed by atoms with Crippen molar-refractivity contribution >= 4 is 29.6 Å². The van der Waals surface area contributed by atoms with Crippen molar-refractivity contribution in [1.82, 2.24) is 0 Å². The highest BCUT2D eigenvalue weighted by atomic mass is 35.7. The van der Waals surface area contributed by atoms with Crippen LogP contribution in [-0.4, -0.2) is 7.42 Å².